The van der Waals surface area contributed by atoms with Crippen molar-refractivity contribution in [1.29, 1.82) is 0 Å². The number of ether oxygens (including phenoxy) is 8. The van der Waals surface area contributed by atoms with Crippen LogP contribution in [0.4, 0.5) is 5.69 Å². The molecule has 0 saturated carbocycles. The average molecular weight is 942 g/mol. The van der Waals surface area contributed by atoms with Crippen LogP contribution in [0.25, 0.3) is 0 Å². The van der Waals surface area contributed by atoms with Gasteiger partial charge in [0.15, 0.2) is 25.0 Å². The summed E-state index contributed by atoms with van der Waals surface area (Å²) >= 11 is 0. The maximum Gasteiger partial charge on any atom is 1.00 e. The fraction of sp³-hybridized carbons (Fsp3) is 0.730. The van der Waals surface area contributed by atoms with Crippen molar-refractivity contribution in [2.45, 2.75) is 150 Å². The van der Waals surface area contributed by atoms with Crippen molar-refractivity contribution in [2.24, 2.45) is 0 Å². The average Bonchev–Trinajstić information content (AvgIpc) is 3.61. The van der Waals surface area contributed by atoms with Gasteiger partial charge in [0.25, 0.3) is 5.91 Å². The summed E-state index contributed by atoms with van der Waals surface area (Å²) in [5.41, 5.74) is 1.22. The maximum absolute atomic E-state index is 13.6. The maximum atomic E-state index is 13.6. The van der Waals surface area contributed by atoms with E-state index < -0.39 is 167 Å². The first kappa shape index (κ1) is 53.4. The monoisotopic (exact) mass is 941 g/mol. The van der Waals surface area contributed by atoms with Gasteiger partial charge in [0, 0.05) is 26.6 Å². The second-order valence-corrected chi connectivity index (χ2v) is 15.9. The van der Waals surface area contributed by atoms with Crippen molar-refractivity contribution in [3.05, 3.63) is 23.8 Å². The van der Waals surface area contributed by atoms with Crippen LogP contribution in [0.3, 0.4) is 0 Å². The smallest absolute Gasteiger partial charge is 0.547 e. The van der Waals surface area contributed by atoms with Crippen LogP contribution in [0.2, 0.25) is 0 Å². The third-order valence-corrected chi connectivity index (χ3v) is 11.5. The number of amides is 3. The Labute approximate surface area is 392 Å². The van der Waals surface area contributed by atoms with Gasteiger partial charge < -0.3 is 114 Å². The number of aliphatic hydroxyl groups excluding tert-OH is 8. The number of nitrogens with one attached hydrogen (secondary N) is 3. The molecular formula is C37H53BN3NaO23. The topological polar surface area (TPSA) is 393 Å². The van der Waals surface area contributed by atoms with Crippen LogP contribution in [0.15, 0.2) is 18.2 Å². The molecule has 20 atom stereocenters. The molecule has 0 aromatic heterocycles. The fourth-order valence-electron chi connectivity index (χ4n) is 8.30. The predicted molar refractivity (Wildman–Crippen MR) is 204 cm³/mol. The molecule has 65 heavy (non-hydrogen) atoms. The van der Waals surface area contributed by atoms with Gasteiger partial charge in [-0.2, -0.15) is 0 Å². The van der Waals surface area contributed by atoms with E-state index in [4.69, 9.17) is 42.5 Å². The predicted octanol–water partition coefficient (Wildman–Crippen LogP) is -12.1. The van der Waals surface area contributed by atoms with E-state index in [-0.39, 0.29) is 41.9 Å². The van der Waals surface area contributed by atoms with Gasteiger partial charge in [-0.25, -0.2) is 0 Å². The molecule has 28 heteroatoms. The van der Waals surface area contributed by atoms with Crippen LogP contribution < -0.4 is 56.1 Å². The molecule has 1 aromatic carbocycles. The molecule has 3 amide bonds. The first-order valence-corrected chi connectivity index (χ1v) is 20.2. The Bertz CT molecular complexity index is 1830. The van der Waals surface area contributed by atoms with Crippen molar-refractivity contribution in [3.8, 4) is 0 Å². The second-order valence-electron chi connectivity index (χ2n) is 15.9. The van der Waals surface area contributed by atoms with Crippen LogP contribution in [0.5, 0.6) is 0 Å². The van der Waals surface area contributed by atoms with Crippen LogP contribution in [0.1, 0.15) is 26.3 Å². The van der Waals surface area contributed by atoms with Gasteiger partial charge in [-0.05, 0) is 30.1 Å². The molecule has 1 aromatic rings. The van der Waals surface area contributed by atoms with Crippen LogP contribution in [-0.4, -0.2) is 220 Å². The van der Waals surface area contributed by atoms with E-state index in [1.165, 1.54) is 19.1 Å². The number of aliphatic carboxylic acids is 1. The molecule has 8 unspecified atom stereocenters. The molecule has 4 fully saturated rings. The molecule has 0 spiro atoms. The van der Waals surface area contributed by atoms with E-state index in [0.717, 1.165) is 21.0 Å². The Kier molecular flexibility index (Phi) is 18.6. The minimum Gasteiger partial charge on any atom is -0.547 e. The third kappa shape index (κ3) is 11.5. The standard InChI is InChI=1S/C37H54BN3O23.Na/c1-11-19(39-12(2)44)27(21(46)17(8-42)58-11)60-37-26(51)24(49)30(32(64-37)34(53)54)62-35-20(40-13(3)45)28(22(47)18(9-43)59-35)61-36-25(50)23(48)29(56-4)31(63-36)33(52)41-15-6-5-14-10-57-38(55)16(14)7-15;/h5-7,11,17-32,35-37,42-43,46-51,55H,8-10H2,1-4H3,(H,39,44)(H,40,45)(H,41,52)(H,53,54);/q;+1/p-1/t11-,17?,18?,19?,20?,21+,22+,23?,24?,25?,26?,27+,28+,29-,30-,31+,32+,35-,36+,37+;/m0./s1. The van der Waals surface area contributed by atoms with E-state index in [9.17, 15) is 70.2 Å². The summed E-state index contributed by atoms with van der Waals surface area (Å²) < 4.78 is 50.7. The Balaban J connectivity index is 0.00000793. The van der Waals surface area contributed by atoms with Gasteiger partial charge in [0.05, 0.1) is 37.9 Å². The molecule has 5 heterocycles. The van der Waals surface area contributed by atoms with Crippen molar-refractivity contribution in [3.63, 3.8) is 0 Å². The summed E-state index contributed by atoms with van der Waals surface area (Å²) in [6, 6.07) is 1.62. The van der Waals surface area contributed by atoms with Crippen LogP contribution >= 0.6 is 0 Å². The van der Waals surface area contributed by atoms with E-state index in [1.807, 2.05) is 0 Å². The molecule has 6 rings (SSSR count). The van der Waals surface area contributed by atoms with Crippen molar-refractivity contribution >= 4 is 42.0 Å². The number of carbonyl (C=O) groups excluding carboxylic acids is 4. The number of rotatable bonds is 14. The zero-order chi connectivity index (χ0) is 46.9. The Morgan fingerprint density at radius 3 is 1.80 bits per heavy atom. The summed E-state index contributed by atoms with van der Waals surface area (Å²) in [5.74, 6) is -4.43. The number of benzene rings is 1. The van der Waals surface area contributed by atoms with Crippen LogP contribution in [0, 0.1) is 0 Å². The first-order chi connectivity index (χ1) is 30.3. The third-order valence-electron chi connectivity index (χ3n) is 11.5. The largest absolute Gasteiger partial charge is 1.00 e. The van der Waals surface area contributed by atoms with Crippen LogP contribution in [-0.2, 0) is 68.3 Å². The molecule has 26 nitrogen and oxygen atoms in total. The van der Waals surface area contributed by atoms with Gasteiger partial charge in [0.2, 0.25) is 11.8 Å². The second kappa shape index (κ2) is 22.7. The molecule has 12 N–H and O–H groups in total. The van der Waals surface area contributed by atoms with Gasteiger partial charge >= 0.3 is 36.7 Å². The molecule has 0 aliphatic carbocycles. The molecular weight excluding hydrogens is 888 g/mol. The Morgan fingerprint density at radius 2 is 1.25 bits per heavy atom. The minimum absolute atomic E-state index is 0. The van der Waals surface area contributed by atoms with Gasteiger partial charge in [-0.15, -0.1) is 0 Å². The van der Waals surface area contributed by atoms with Crippen molar-refractivity contribution in [1.82, 2.24) is 10.6 Å². The fourth-order valence-corrected chi connectivity index (χ4v) is 8.30. The molecule has 358 valence electrons. The Hall–Kier alpha value is -2.56. The van der Waals surface area contributed by atoms with Gasteiger partial charge in [-0.3, -0.25) is 14.4 Å². The molecule has 4 saturated heterocycles. The number of carboxylic acids is 1. The Morgan fingerprint density at radius 1 is 0.723 bits per heavy atom. The number of methoxy groups -OCH3 is 1. The van der Waals surface area contributed by atoms with Gasteiger partial charge in [-0.1, -0.05) is 6.07 Å². The summed E-state index contributed by atoms with van der Waals surface area (Å²) in [6.45, 7) is 2.06. The normalized spacial score (nSPS) is 40.5. The van der Waals surface area contributed by atoms with Crippen molar-refractivity contribution in [2.75, 3.05) is 25.6 Å². The zero-order valence-corrected chi connectivity index (χ0v) is 37.7. The van der Waals surface area contributed by atoms with Gasteiger partial charge in [0.1, 0.15) is 85.4 Å². The van der Waals surface area contributed by atoms with E-state index in [1.54, 1.807) is 6.07 Å². The number of fused-ring (bicyclic) bond motifs is 1. The number of aliphatic hydroxyl groups is 8. The molecule has 0 bridgehead atoms. The number of carbonyl (C=O) groups is 4. The number of carboxylic acid groups (broad SMARTS) is 1. The summed E-state index contributed by atoms with van der Waals surface area (Å²) in [4.78, 5) is 50.9. The van der Waals surface area contributed by atoms with Crippen molar-refractivity contribution < 1.29 is 142 Å². The first-order valence-electron chi connectivity index (χ1n) is 20.2. The number of anilines is 1. The summed E-state index contributed by atoms with van der Waals surface area (Å²) in [6.07, 6.45) is -33.3. The zero-order valence-electron chi connectivity index (χ0n) is 35.7. The SMILES string of the molecule is CO[C@H]1C(O)C(O)[C@H](O[C@@H]2C(NC(C)=O)[C@H](O[C@H]3C(O)C(O)[C@H](O[C@@H]4C(NC(C)=O)[C@H](C)OC(CO)[C@H]4O)O[C@H]3C(=O)[O-])OC(CO)[C@H]2O)O[C@H]1C(=O)Nc1ccc2c(c1)B(O)OC2.[Na+]. The number of hydrogen-bond donors (Lipinski definition) is 12. The summed E-state index contributed by atoms with van der Waals surface area (Å²) in [7, 11) is -0.128. The van der Waals surface area contributed by atoms with E-state index >= 15 is 0 Å². The minimum atomic E-state index is -2.35. The summed E-state index contributed by atoms with van der Waals surface area (Å²) in [5, 5.41) is 118. The molecule has 5 aliphatic rings. The van der Waals surface area contributed by atoms with E-state index in [2.05, 4.69) is 16.0 Å². The molecule has 5 aliphatic heterocycles. The quantitative estimate of drug-likeness (QED) is 0.0771. The number of hydrogen-bond acceptors (Lipinski definition) is 23. The molecule has 0 radical (unpaired) electrons. The van der Waals surface area contributed by atoms with E-state index in [0.29, 0.717) is 11.0 Å².